The second-order valence-electron chi connectivity index (χ2n) is 3.69. The van der Waals surface area contributed by atoms with Crippen molar-refractivity contribution in [3.05, 3.63) is 29.8 Å². The van der Waals surface area contributed by atoms with Crippen molar-refractivity contribution in [2.75, 3.05) is 30.5 Å². The second kappa shape index (κ2) is 7.97. The smallest absolute Gasteiger partial charge is 0.236 e. The number of anilines is 1. The predicted octanol–water partition coefficient (Wildman–Crippen LogP) is 0.479. The van der Waals surface area contributed by atoms with Gasteiger partial charge in [-0.15, -0.1) is 0 Å². The molecule has 1 unspecified atom stereocenters. The van der Waals surface area contributed by atoms with E-state index < -0.39 is 10.8 Å². The second-order valence-corrected chi connectivity index (χ2v) is 5.27. The lowest BCUT2D eigenvalue weighted by Crippen LogP contribution is -2.22. The van der Waals surface area contributed by atoms with Gasteiger partial charge in [0.05, 0.1) is 6.61 Å². The Hall–Kier alpha value is -1.24. The summed E-state index contributed by atoms with van der Waals surface area (Å²) < 4.78 is 16.3. The molecule has 1 atom stereocenters. The third kappa shape index (κ3) is 4.95. The minimum atomic E-state index is -1.20. The van der Waals surface area contributed by atoms with Gasteiger partial charge in [0, 0.05) is 35.9 Å². The van der Waals surface area contributed by atoms with Crippen LogP contribution in [0, 0.1) is 0 Å². The summed E-state index contributed by atoms with van der Waals surface area (Å²) in [5, 5.41) is 2.72. The van der Waals surface area contributed by atoms with Crippen molar-refractivity contribution in [2.24, 2.45) is 5.73 Å². The maximum Gasteiger partial charge on any atom is 0.236 e. The van der Waals surface area contributed by atoms with Crippen LogP contribution in [0.4, 0.5) is 5.69 Å². The van der Waals surface area contributed by atoms with E-state index in [1.165, 1.54) is 7.11 Å². The van der Waals surface area contributed by atoms with Gasteiger partial charge < -0.3 is 15.8 Å². The number of hydrogen-bond donors (Lipinski definition) is 2. The van der Waals surface area contributed by atoms with E-state index in [9.17, 15) is 9.00 Å². The molecule has 0 fully saturated rings. The summed E-state index contributed by atoms with van der Waals surface area (Å²) >= 11 is 0. The zero-order valence-corrected chi connectivity index (χ0v) is 11.2. The first kappa shape index (κ1) is 14.8. The van der Waals surface area contributed by atoms with E-state index in [-0.39, 0.29) is 11.7 Å². The molecule has 0 bridgehead atoms. The van der Waals surface area contributed by atoms with Crippen LogP contribution in [0.2, 0.25) is 0 Å². The molecule has 0 aliphatic carbocycles. The van der Waals surface area contributed by atoms with E-state index in [4.69, 9.17) is 10.5 Å². The third-order valence-corrected chi connectivity index (χ3v) is 3.52. The van der Waals surface area contributed by atoms with Gasteiger partial charge in [-0.25, -0.2) is 0 Å². The van der Waals surface area contributed by atoms with E-state index in [0.29, 0.717) is 24.6 Å². The van der Waals surface area contributed by atoms with Crippen LogP contribution in [-0.4, -0.2) is 35.3 Å². The summed E-state index contributed by atoms with van der Waals surface area (Å²) in [5.41, 5.74) is 7.10. The number of carbonyl (C=O) groups excluding carboxylic acids is 1. The molecule has 0 aliphatic rings. The highest BCUT2D eigenvalue weighted by atomic mass is 32.2. The van der Waals surface area contributed by atoms with Gasteiger partial charge in [-0.2, -0.15) is 0 Å². The van der Waals surface area contributed by atoms with Gasteiger partial charge in [0.1, 0.15) is 5.75 Å². The number of ether oxygens (including phenoxy) is 1. The van der Waals surface area contributed by atoms with Crippen molar-refractivity contribution in [1.29, 1.82) is 0 Å². The molecule has 0 saturated heterocycles. The van der Waals surface area contributed by atoms with Crippen LogP contribution in [0.1, 0.15) is 5.56 Å². The number of para-hydroxylation sites is 1. The fraction of sp³-hybridized carbons (Fsp3) is 0.417. The Balaban J connectivity index is 2.51. The third-order valence-electron chi connectivity index (χ3n) is 2.32. The molecule has 1 amide bonds. The molecule has 18 heavy (non-hydrogen) atoms. The highest BCUT2D eigenvalue weighted by Gasteiger charge is 2.09. The van der Waals surface area contributed by atoms with E-state index >= 15 is 0 Å². The Bertz CT molecular complexity index is 424. The van der Waals surface area contributed by atoms with Crippen LogP contribution < -0.4 is 11.1 Å². The van der Waals surface area contributed by atoms with E-state index in [0.717, 1.165) is 5.56 Å². The molecule has 0 aliphatic heterocycles. The molecule has 0 heterocycles. The first-order valence-corrected chi connectivity index (χ1v) is 7.08. The number of nitrogens with two attached hydrogens (primary N) is 1. The number of nitrogens with one attached hydrogen (secondary N) is 1. The fourth-order valence-corrected chi connectivity index (χ4v) is 2.26. The average molecular weight is 270 g/mol. The lowest BCUT2D eigenvalue weighted by molar-refractivity contribution is -0.113. The molecular weight excluding hydrogens is 252 g/mol. The summed E-state index contributed by atoms with van der Waals surface area (Å²) in [5.74, 6) is 0.0652. The Morgan fingerprint density at radius 1 is 1.44 bits per heavy atom. The predicted molar refractivity (Wildman–Crippen MR) is 72.7 cm³/mol. The number of methoxy groups -OCH3 is 1. The molecule has 1 aromatic rings. The first-order valence-electron chi connectivity index (χ1n) is 5.59. The number of benzene rings is 1. The van der Waals surface area contributed by atoms with E-state index in [1.54, 1.807) is 6.07 Å². The first-order chi connectivity index (χ1) is 8.67. The van der Waals surface area contributed by atoms with Gasteiger partial charge in [0.25, 0.3) is 0 Å². The van der Waals surface area contributed by atoms with Crippen LogP contribution >= 0.6 is 0 Å². The zero-order valence-electron chi connectivity index (χ0n) is 10.3. The highest BCUT2D eigenvalue weighted by molar-refractivity contribution is 7.85. The summed E-state index contributed by atoms with van der Waals surface area (Å²) in [6, 6.07) is 7.29. The topological polar surface area (TPSA) is 81.4 Å². The van der Waals surface area contributed by atoms with Crippen molar-refractivity contribution in [2.45, 2.75) is 6.54 Å². The van der Waals surface area contributed by atoms with Gasteiger partial charge in [-0.05, 0) is 11.6 Å². The minimum Gasteiger partial charge on any atom is -0.384 e. The van der Waals surface area contributed by atoms with E-state index in [2.05, 4.69) is 5.32 Å². The quantitative estimate of drug-likeness (QED) is 0.755. The lowest BCUT2D eigenvalue weighted by Gasteiger charge is -2.09. The lowest BCUT2D eigenvalue weighted by atomic mass is 10.2. The van der Waals surface area contributed by atoms with Crippen LogP contribution in [0.25, 0.3) is 0 Å². The number of rotatable bonds is 7. The molecular formula is C12H18N2O3S. The molecule has 5 nitrogen and oxygen atoms in total. The Kier molecular flexibility index (Phi) is 6.56. The van der Waals surface area contributed by atoms with Crippen LogP contribution in [0.3, 0.4) is 0 Å². The standard InChI is InChI=1S/C12H18N2O3S/c1-17-6-7-18(16)9-12(15)14-11-5-3-2-4-10(11)8-13/h2-5H,6-9,13H2,1H3,(H,14,15). The Morgan fingerprint density at radius 3 is 2.83 bits per heavy atom. The molecule has 0 saturated carbocycles. The van der Waals surface area contributed by atoms with Crippen molar-refractivity contribution in [3.63, 3.8) is 0 Å². The summed E-state index contributed by atoms with van der Waals surface area (Å²) in [6.45, 7) is 0.739. The van der Waals surface area contributed by atoms with Crippen LogP contribution in [0.15, 0.2) is 24.3 Å². The van der Waals surface area contributed by atoms with Crippen molar-refractivity contribution in [3.8, 4) is 0 Å². The van der Waals surface area contributed by atoms with Gasteiger partial charge in [-0.1, -0.05) is 18.2 Å². The molecule has 0 aromatic heterocycles. The van der Waals surface area contributed by atoms with Crippen molar-refractivity contribution >= 4 is 22.4 Å². The average Bonchev–Trinajstić information content (AvgIpc) is 2.36. The molecule has 1 aromatic carbocycles. The molecule has 100 valence electrons. The Labute approximate surface area is 109 Å². The van der Waals surface area contributed by atoms with Crippen LogP contribution in [-0.2, 0) is 26.9 Å². The van der Waals surface area contributed by atoms with Crippen molar-refractivity contribution in [1.82, 2.24) is 0 Å². The van der Waals surface area contributed by atoms with Crippen LogP contribution in [0.5, 0.6) is 0 Å². The minimum absolute atomic E-state index is 0.0255. The molecule has 1 rings (SSSR count). The van der Waals surface area contributed by atoms with Gasteiger partial charge in [0.2, 0.25) is 5.91 Å². The van der Waals surface area contributed by atoms with Gasteiger partial charge in [0.15, 0.2) is 0 Å². The van der Waals surface area contributed by atoms with Gasteiger partial charge in [-0.3, -0.25) is 9.00 Å². The van der Waals surface area contributed by atoms with Gasteiger partial charge >= 0.3 is 0 Å². The molecule has 0 radical (unpaired) electrons. The summed E-state index contributed by atoms with van der Waals surface area (Å²) in [7, 11) is 0.336. The van der Waals surface area contributed by atoms with Crippen molar-refractivity contribution < 1.29 is 13.7 Å². The Morgan fingerprint density at radius 2 is 2.17 bits per heavy atom. The maximum atomic E-state index is 11.7. The number of amides is 1. The SMILES string of the molecule is COCCS(=O)CC(=O)Nc1ccccc1CN. The zero-order chi connectivity index (χ0) is 13.4. The summed E-state index contributed by atoms with van der Waals surface area (Å²) in [6.07, 6.45) is 0. The monoisotopic (exact) mass is 270 g/mol. The largest absolute Gasteiger partial charge is 0.384 e. The number of carbonyl (C=O) groups is 1. The fourth-order valence-electron chi connectivity index (χ4n) is 1.40. The highest BCUT2D eigenvalue weighted by Crippen LogP contribution is 2.13. The summed E-state index contributed by atoms with van der Waals surface area (Å²) in [4.78, 5) is 11.7. The number of hydrogen-bond acceptors (Lipinski definition) is 4. The van der Waals surface area contributed by atoms with E-state index in [1.807, 2.05) is 18.2 Å². The maximum absolute atomic E-state index is 11.7. The molecule has 3 N–H and O–H groups in total. The normalized spacial score (nSPS) is 12.1. The molecule has 6 heteroatoms. The molecule has 0 spiro atoms.